The summed E-state index contributed by atoms with van der Waals surface area (Å²) in [6, 6.07) is 0.112. The Hall–Kier alpha value is -1.40. The minimum absolute atomic E-state index is 0.0970. The summed E-state index contributed by atoms with van der Waals surface area (Å²) in [6.07, 6.45) is 3.62. The summed E-state index contributed by atoms with van der Waals surface area (Å²) in [4.78, 5) is 18.3. The topological polar surface area (TPSA) is 59.4 Å². The molecule has 1 aliphatic rings. The van der Waals surface area contributed by atoms with Gasteiger partial charge >= 0.3 is 0 Å². The van der Waals surface area contributed by atoms with E-state index < -0.39 is 0 Å². The Balaban J connectivity index is 1.98. The number of rotatable bonds is 4. The van der Waals surface area contributed by atoms with Crippen LogP contribution in [0.25, 0.3) is 0 Å². The molecular formula is C12H20N4O2. The summed E-state index contributed by atoms with van der Waals surface area (Å²) in [5.74, 6) is 0.890. The number of imidazole rings is 1. The molecular weight excluding hydrogens is 232 g/mol. The highest BCUT2D eigenvalue weighted by molar-refractivity contribution is 5.79. The standard InChI is InChI=1S/C12H20N4O2/c1-13-10-8-18-7-9(10)12(17)16(3)6-11-14-4-5-15(11)2/h4-5,9-10,13H,6-8H2,1-3H3. The van der Waals surface area contributed by atoms with Crippen molar-refractivity contribution in [1.82, 2.24) is 19.8 Å². The number of amides is 1. The predicted molar refractivity (Wildman–Crippen MR) is 66.8 cm³/mol. The molecule has 2 heterocycles. The van der Waals surface area contributed by atoms with E-state index in [1.165, 1.54) is 0 Å². The second-order valence-corrected chi connectivity index (χ2v) is 4.69. The molecule has 0 spiro atoms. The Morgan fingerprint density at radius 3 is 3.06 bits per heavy atom. The van der Waals surface area contributed by atoms with Gasteiger partial charge in [0.1, 0.15) is 5.82 Å². The summed E-state index contributed by atoms with van der Waals surface area (Å²) < 4.78 is 7.28. The average molecular weight is 252 g/mol. The van der Waals surface area contributed by atoms with E-state index in [1.54, 1.807) is 11.1 Å². The van der Waals surface area contributed by atoms with E-state index >= 15 is 0 Å². The Bertz CT molecular complexity index is 418. The van der Waals surface area contributed by atoms with Gasteiger partial charge in [0, 0.05) is 32.5 Å². The van der Waals surface area contributed by atoms with Gasteiger partial charge in [0.25, 0.3) is 0 Å². The van der Waals surface area contributed by atoms with E-state index in [0.717, 1.165) is 5.82 Å². The molecule has 0 saturated carbocycles. The maximum absolute atomic E-state index is 12.3. The molecule has 6 nitrogen and oxygen atoms in total. The van der Waals surface area contributed by atoms with Crippen molar-refractivity contribution in [3.05, 3.63) is 18.2 Å². The molecule has 0 aromatic carbocycles. The Morgan fingerprint density at radius 1 is 1.67 bits per heavy atom. The van der Waals surface area contributed by atoms with Crippen LogP contribution in [-0.4, -0.2) is 53.7 Å². The lowest BCUT2D eigenvalue weighted by Crippen LogP contribution is -2.43. The number of nitrogens with one attached hydrogen (secondary N) is 1. The number of carbonyl (C=O) groups is 1. The van der Waals surface area contributed by atoms with Gasteiger partial charge in [-0.05, 0) is 7.05 Å². The van der Waals surface area contributed by atoms with Crippen LogP contribution >= 0.6 is 0 Å². The van der Waals surface area contributed by atoms with Crippen molar-refractivity contribution in [1.29, 1.82) is 0 Å². The predicted octanol–water partition coefficient (Wildman–Crippen LogP) is -0.387. The van der Waals surface area contributed by atoms with Crippen LogP contribution in [0.15, 0.2) is 12.4 Å². The Morgan fingerprint density at radius 2 is 2.44 bits per heavy atom. The van der Waals surface area contributed by atoms with Gasteiger partial charge in [-0.25, -0.2) is 4.98 Å². The van der Waals surface area contributed by atoms with Gasteiger partial charge in [0.05, 0.1) is 25.7 Å². The van der Waals surface area contributed by atoms with Crippen LogP contribution in [0.1, 0.15) is 5.82 Å². The van der Waals surface area contributed by atoms with E-state index in [1.807, 2.05) is 31.9 Å². The van der Waals surface area contributed by atoms with Crippen molar-refractivity contribution >= 4 is 5.91 Å². The number of nitrogens with zero attached hydrogens (tertiary/aromatic N) is 3. The minimum Gasteiger partial charge on any atom is -0.379 e. The average Bonchev–Trinajstić information content (AvgIpc) is 2.97. The van der Waals surface area contributed by atoms with Crippen LogP contribution in [0.2, 0.25) is 0 Å². The fourth-order valence-electron chi connectivity index (χ4n) is 2.20. The van der Waals surface area contributed by atoms with Crippen molar-refractivity contribution < 1.29 is 9.53 Å². The first kappa shape index (κ1) is 13.0. The van der Waals surface area contributed by atoms with E-state index in [-0.39, 0.29) is 17.9 Å². The quantitative estimate of drug-likeness (QED) is 0.793. The van der Waals surface area contributed by atoms with E-state index in [0.29, 0.717) is 19.8 Å². The molecule has 2 rings (SSSR count). The lowest BCUT2D eigenvalue weighted by atomic mass is 10.0. The van der Waals surface area contributed by atoms with E-state index in [9.17, 15) is 4.79 Å². The largest absolute Gasteiger partial charge is 0.379 e. The number of likely N-dealkylation sites (N-methyl/N-ethyl adjacent to an activating group) is 1. The number of aryl methyl sites for hydroxylation is 1. The third-order valence-corrected chi connectivity index (χ3v) is 3.44. The number of ether oxygens (including phenoxy) is 1. The van der Waals surface area contributed by atoms with Crippen LogP contribution < -0.4 is 5.32 Å². The van der Waals surface area contributed by atoms with Crippen molar-refractivity contribution in [2.45, 2.75) is 12.6 Å². The van der Waals surface area contributed by atoms with E-state index in [2.05, 4.69) is 10.3 Å². The molecule has 1 amide bonds. The maximum atomic E-state index is 12.3. The molecule has 2 unspecified atom stereocenters. The fraction of sp³-hybridized carbons (Fsp3) is 0.667. The zero-order valence-corrected chi connectivity index (χ0v) is 11.1. The summed E-state index contributed by atoms with van der Waals surface area (Å²) in [5.41, 5.74) is 0. The summed E-state index contributed by atoms with van der Waals surface area (Å²) >= 11 is 0. The van der Waals surface area contributed by atoms with Gasteiger partial charge in [-0.3, -0.25) is 4.79 Å². The van der Waals surface area contributed by atoms with Crippen LogP contribution in [0.4, 0.5) is 0 Å². The van der Waals surface area contributed by atoms with Gasteiger partial charge in [-0.15, -0.1) is 0 Å². The summed E-state index contributed by atoms with van der Waals surface area (Å²) in [6.45, 7) is 1.62. The molecule has 1 aliphatic heterocycles. The van der Waals surface area contributed by atoms with Gasteiger partial charge in [-0.1, -0.05) is 0 Å². The van der Waals surface area contributed by atoms with Crippen molar-refractivity contribution in [3.63, 3.8) is 0 Å². The molecule has 1 aromatic rings. The Kier molecular flexibility index (Phi) is 3.98. The molecule has 0 aliphatic carbocycles. The third-order valence-electron chi connectivity index (χ3n) is 3.44. The smallest absolute Gasteiger partial charge is 0.229 e. The normalized spacial score (nSPS) is 23.3. The SMILES string of the molecule is CNC1COCC1C(=O)N(C)Cc1nccn1C. The molecule has 2 atom stereocenters. The highest BCUT2D eigenvalue weighted by atomic mass is 16.5. The fourth-order valence-corrected chi connectivity index (χ4v) is 2.20. The van der Waals surface area contributed by atoms with Crippen LogP contribution in [-0.2, 0) is 23.1 Å². The zero-order valence-electron chi connectivity index (χ0n) is 11.1. The molecule has 1 aromatic heterocycles. The monoisotopic (exact) mass is 252 g/mol. The number of aromatic nitrogens is 2. The van der Waals surface area contributed by atoms with Crippen LogP contribution in [0.3, 0.4) is 0 Å². The van der Waals surface area contributed by atoms with Gasteiger partial charge < -0.3 is 19.5 Å². The summed E-state index contributed by atoms with van der Waals surface area (Å²) in [7, 11) is 5.59. The van der Waals surface area contributed by atoms with Crippen LogP contribution in [0, 0.1) is 5.92 Å². The molecule has 18 heavy (non-hydrogen) atoms. The van der Waals surface area contributed by atoms with Gasteiger partial charge in [0.15, 0.2) is 0 Å². The lowest BCUT2D eigenvalue weighted by molar-refractivity contribution is -0.135. The van der Waals surface area contributed by atoms with Gasteiger partial charge in [-0.2, -0.15) is 0 Å². The number of carbonyl (C=O) groups excluding carboxylic acids is 1. The second kappa shape index (κ2) is 5.49. The lowest BCUT2D eigenvalue weighted by Gasteiger charge is -2.23. The number of hydrogen-bond acceptors (Lipinski definition) is 4. The first-order chi connectivity index (χ1) is 8.63. The maximum Gasteiger partial charge on any atom is 0.229 e. The van der Waals surface area contributed by atoms with Crippen molar-refractivity contribution in [2.24, 2.45) is 13.0 Å². The molecule has 1 N–H and O–H groups in total. The van der Waals surface area contributed by atoms with Crippen molar-refractivity contribution in [3.8, 4) is 0 Å². The molecule has 6 heteroatoms. The van der Waals surface area contributed by atoms with E-state index in [4.69, 9.17) is 4.74 Å². The summed E-state index contributed by atoms with van der Waals surface area (Å²) in [5, 5.41) is 3.13. The first-order valence-corrected chi connectivity index (χ1v) is 6.09. The van der Waals surface area contributed by atoms with Gasteiger partial charge in [0.2, 0.25) is 5.91 Å². The van der Waals surface area contributed by atoms with Crippen LogP contribution in [0.5, 0.6) is 0 Å². The molecule has 100 valence electrons. The van der Waals surface area contributed by atoms with Crippen molar-refractivity contribution in [2.75, 3.05) is 27.3 Å². The highest BCUT2D eigenvalue weighted by Crippen LogP contribution is 2.16. The first-order valence-electron chi connectivity index (χ1n) is 6.09. The number of hydrogen-bond donors (Lipinski definition) is 1. The highest BCUT2D eigenvalue weighted by Gasteiger charge is 2.34. The molecule has 1 saturated heterocycles. The Labute approximate surface area is 107 Å². The zero-order chi connectivity index (χ0) is 13.1. The second-order valence-electron chi connectivity index (χ2n) is 4.69. The molecule has 1 fully saturated rings. The molecule has 0 bridgehead atoms. The minimum atomic E-state index is -0.0970. The third kappa shape index (κ3) is 2.54. The molecule has 0 radical (unpaired) electrons.